The van der Waals surface area contributed by atoms with Gasteiger partial charge in [0.25, 0.3) is 0 Å². The Kier molecular flexibility index (Phi) is 5.51. The Morgan fingerprint density at radius 3 is 2.69 bits per heavy atom. The first-order valence-corrected chi connectivity index (χ1v) is 10.9. The fraction of sp³-hybridized carbons (Fsp3) is 0.125. The summed E-state index contributed by atoms with van der Waals surface area (Å²) in [6.45, 7) is 0. The molecule has 4 aromatic rings. The molecule has 5 rings (SSSR count). The number of nitrogens with zero attached hydrogens (tertiary/aromatic N) is 4. The van der Waals surface area contributed by atoms with E-state index in [1.54, 1.807) is 19.5 Å². The second-order valence-electron chi connectivity index (χ2n) is 7.34. The molecule has 0 saturated carbocycles. The molecule has 1 aromatic carbocycles. The third-order valence-electron chi connectivity index (χ3n) is 5.47. The maximum absolute atomic E-state index is 6.07. The van der Waals surface area contributed by atoms with E-state index in [1.807, 2.05) is 66.9 Å². The second-order valence-corrected chi connectivity index (χ2v) is 8.16. The highest BCUT2D eigenvalue weighted by molar-refractivity contribution is 7.80. The van der Waals surface area contributed by atoms with E-state index in [0.717, 1.165) is 28.6 Å². The van der Waals surface area contributed by atoms with Crippen molar-refractivity contribution in [1.29, 1.82) is 0 Å². The van der Waals surface area contributed by atoms with Crippen LogP contribution in [0.3, 0.4) is 0 Å². The summed E-state index contributed by atoms with van der Waals surface area (Å²) in [5.41, 5.74) is 2.86. The number of nitrogens with one attached hydrogen (secondary N) is 1. The standard InChI is InChI=1S/C24H20ClN5OS/c1-31-18-7-4-6-17(14-18)30-23(22(28-24(30)32)19-8-2-3-12-26-19)20-9-5-13-29(20)21-11-10-16(25)15-27-21/h2-15,22-23H,1H3,(H,28,32)/t22-,23-/m0/s1. The van der Waals surface area contributed by atoms with E-state index in [0.29, 0.717) is 10.1 Å². The van der Waals surface area contributed by atoms with Crippen molar-refractivity contribution in [2.24, 2.45) is 0 Å². The molecular weight excluding hydrogens is 442 g/mol. The van der Waals surface area contributed by atoms with Gasteiger partial charge < -0.3 is 19.5 Å². The van der Waals surface area contributed by atoms with Gasteiger partial charge in [0.1, 0.15) is 17.6 Å². The van der Waals surface area contributed by atoms with Crippen molar-refractivity contribution in [1.82, 2.24) is 19.9 Å². The normalized spacial score (nSPS) is 17.9. The Morgan fingerprint density at radius 1 is 1.03 bits per heavy atom. The van der Waals surface area contributed by atoms with Crippen LogP contribution in [0.2, 0.25) is 5.02 Å². The van der Waals surface area contributed by atoms with E-state index >= 15 is 0 Å². The van der Waals surface area contributed by atoms with Crippen LogP contribution in [0.1, 0.15) is 23.5 Å². The largest absolute Gasteiger partial charge is 0.497 e. The third-order valence-corrected chi connectivity index (χ3v) is 6.01. The number of methoxy groups -OCH3 is 1. The highest BCUT2D eigenvalue weighted by atomic mass is 35.5. The summed E-state index contributed by atoms with van der Waals surface area (Å²) in [7, 11) is 1.66. The van der Waals surface area contributed by atoms with Gasteiger partial charge in [0, 0.05) is 36.0 Å². The average Bonchev–Trinajstić information content (AvgIpc) is 3.44. The Balaban J connectivity index is 1.66. The molecule has 2 atom stereocenters. The first kappa shape index (κ1) is 20.5. The number of halogens is 1. The highest BCUT2D eigenvalue weighted by Crippen LogP contribution is 2.42. The summed E-state index contributed by atoms with van der Waals surface area (Å²) in [6.07, 6.45) is 5.44. The quantitative estimate of drug-likeness (QED) is 0.417. The average molecular weight is 462 g/mol. The molecule has 0 amide bonds. The molecule has 1 aliphatic heterocycles. The van der Waals surface area contributed by atoms with Gasteiger partial charge in [-0.25, -0.2) is 4.98 Å². The summed E-state index contributed by atoms with van der Waals surface area (Å²) < 4.78 is 7.52. The van der Waals surface area contributed by atoms with Crippen LogP contribution in [0.5, 0.6) is 5.75 Å². The van der Waals surface area contributed by atoms with Crippen molar-refractivity contribution in [3.8, 4) is 11.6 Å². The first-order valence-electron chi connectivity index (χ1n) is 10.1. The lowest BCUT2D eigenvalue weighted by molar-refractivity contribution is 0.414. The van der Waals surface area contributed by atoms with Crippen molar-refractivity contribution in [2.75, 3.05) is 12.0 Å². The van der Waals surface area contributed by atoms with Crippen LogP contribution in [-0.2, 0) is 0 Å². The number of hydrogen-bond donors (Lipinski definition) is 1. The van der Waals surface area contributed by atoms with Crippen LogP contribution >= 0.6 is 23.8 Å². The second kappa shape index (κ2) is 8.61. The number of hydrogen-bond acceptors (Lipinski definition) is 4. The van der Waals surface area contributed by atoms with Gasteiger partial charge in [0.2, 0.25) is 0 Å². The molecule has 1 aliphatic rings. The number of pyridine rings is 2. The zero-order valence-corrected chi connectivity index (χ0v) is 18.8. The van der Waals surface area contributed by atoms with E-state index in [-0.39, 0.29) is 12.1 Å². The van der Waals surface area contributed by atoms with Crippen LogP contribution < -0.4 is 15.0 Å². The maximum atomic E-state index is 6.07. The summed E-state index contributed by atoms with van der Waals surface area (Å²) in [5.74, 6) is 1.54. The minimum Gasteiger partial charge on any atom is -0.497 e. The lowest BCUT2D eigenvalue weighted by Gasteiger charge is -2.29. The van der Waals surface area contributed by atoms with Crippen molar-refractivity contribution in [3.05, 3.63) is 102 Å². The molecule has 1 saturated heterocycles. The summed E-state index contributed by atoms with van der Waals surface area (Å²) in [6, 6.07) is 21.3. The van der Waals surface area contributed by atoms with Gasteiger partial charge in [-0.3, -0.25) is 4.98 Å². The van der Waals surface area contributed by atoms with Gasteiger partial charge in [-0.15, -0.1) is 0 Å². The van der Waals surface area contributed by atoms with Gasteiger partial charge in [0.05, 0.1) is 23.9 Å². The Hall–Kier alpha value is -3.42. The summed E-state index contributed by atoms with van der Waals surface area (Å²) >= 11 is 11.9. The number of aromatic nitrogens is 3. The molecule has 160 valence electrons. The molecule has 1 fully saturated rings. The van der Waals surface area contributed by atoms with Crippen LogP contribution in [0.4, 0.5) is 5.69 Å². The molecule has 1 N–H and O–H groups in total. The van der Waals surface area contributed by atoms with Gasteiger partial charge in [-0.05, 0) is 60.7 Å². The Bertz CT molecular complexity index is 1240. The smallest absolute Gasteiger partial charge is 0.174 e. The minimum atomic E-state index is -0.169. The molecule has 0 aliphatic carbocycles. The van der Waals surface area contributed by atoms with Crippen molar-refractivity contribution >= 4 is 34.6 Å². The monoisotopic (exact) mass is 461 g/mol. The zero-order chi connectivity index (χ0) is 22.1. The Morgan fingerprint density at radius 2 is 1.94 bits per heavy atom. The lowest BCUT2D eigenvalue weighted by atomic mass is 10.0. The lowest BCUT2D eigenvalue weighted by Crippen LogP contribution is -2.30. The van der Waals surface area contributed by atoms with Gasteiger partial charge in [-0.2, -0.15) is 0 Å². The SMILES string of the molecule is COc1cccc(N2C(=S)N[C@@H](c3ccccn3)[C@@H]2c2cccn2-c2ccc(Cl)cn2)c1. The van der Waals surface area contributed by atoms with Gasteiger partial charge in [-0.1, -0.05) is 23.7 Å². The summed E-state index contributed by atoms with van der Waals surface area (Å²) in [4.78, 5) is 11.2. The number of ether oxygens (including phenoxy) is 1. The first-order chi connectivity index (χ1) is 15.7. The number of thiocarbonyl (C=S) groups is 1. The fourth-order valence-corrected chi connectivity index (χ4v) is 4.51. The van der Waals surface area contributed by atoms with E-state index in [4.69, 9.17) is 28.6 Å². The molecule has 0 radical (unpaired) electrons. The minimum absolute atomic E-state index is 0.157. The van der Waals surface area contributed by atoms with Gasteiger partial charge >= 0.3 is 0 Å². The molecular formula is C24H20ClN5OS. The maximum Gasteiger partial charge on any atom is 0.174 e. The molecule has 3 aromatic heterocycles. The third kappa shape index (κ3) is 3.70. The molecule has 0 unspecified atom stereocenters. The highest BCUT2D eigenvalue weighted by Gasteiger charge is 2.42. The van der Waals surface area contributed by atoms with Crippen LogP contribution in [0, 0.1) is 0 Å². The molecule has 8 heteroatoms. The molecule has 0 bridgehead atoms. The topological polar surface area (TPSA) is 55.2 Å². The van der Waals surface area contributed by atoms with Crippen molar-refractivity contribution < 1.29 is 4.74 Å². The number of anilines is 1. The number of benzene rings is 1. The van der Waals surface area contributed by atoms with Crippen LogP contribution in [0.25, 0.3) is 5.82 Å². The van der Waals surface area contributed by atoms with E-state index in [1.165, 1.54) is 0 Å². The van der Waals surface area contributed by atoms with Crippen LogP contribution in [-0.4, -0.2) is 26.8 Å². The van der Waals surface area contributed by atoms with E-state index < -0.39 is 0 Å². The summed E-state index contributed by atoms with van der Waals surface area (Å²) in [5, 5.41) is 4.70. The van der Waals surface area contributed by atoms with Crippen molar-refractivity contribution in [2.45, 2.75) is 12.1 Å². The predicted molar refractivity (Wildman–Crippen MR) is 129 cm³/mol. The molecule has 0 spiro atoms. The molecule has 32 heavy (non-hydrogen) atoms. The van der Waals surface area contributed by atoms with E-state index in [2.05, 4.69) is 30.8 Å². The van der Waals surface area contributed by atoms with Crippen molar-refractivity contribution in [3.63, 3.8) is 0 Å². The van der Waals surface area contributed by atoms with Crippen LogP contribution in [0.15, 0.2) is 85.3 Å². The van der Waals surface area contributed by atoms with E-state index in [9.17, 15) is 0 Å². The fourth-order valence-electron chi connectivity index (χ4n) is 4.05. The molecule has 6 nitrogen and oxygen atoms in total. The van der Waals surface area contributed by atoms with Gasteiger partial charge in [0.15, 0.2) is 5.11 Å². The zero-order valence-electron chi connectivity index (χ0n) is 17.2. The predicted octanol–water partition coefficient (Wildman–Crippen LogP) is 5.11. The number of rotatable bonds is 5. The molecule has 4 heterocycles. The Labute approximate surface area is 196 Å².